The predicted molar refractivity (Wildman–Crippen MR) is 71.2 cm³/mol. The second-order valence-corrected chi connectivity index (χ2v) is 4.17. The molecule has 100 valence electrons. The standard InChI is InChI=1S/C14H21NO3/c1-17-9-2-3-10-18-14(16)8-7-12-5-4-6-13(15)11-12/h4-6,11H,2-3,7-10,15H2,1H3. The van der Waals surface area contributed by atoms with Crippen LogP contribution in [0.4, 0.5) is 5.69 Å². The van der Waals surface area contributed by atoms with E-state index in [2.05, 4.69) is 0 Å². The fourth-order valence-corrected chi connectivity index (χ4v) is 1.60. The van der Waals surface area contributed by atoms with Gasteiger partial charge in [-0.25, -0.2) is 0 Å². The highest BCUT2D eigenvalue weighted by Crippen LogP contribution is 2.09. The SMILES string of the molecule is COCCCCOC(=O)CCc1cccc(N)c1. The third-order valence-electron chi connectivity index (χ3n) is 2.57. The molecule has 0 atom stereocenters. The molecule has 0 saturated heterocycles. The van der Waals surface area contributed by atoms with Gasteiger partial charge in [0.15, 0.2) is 0 Å². The van der Waals surface area contributed by atoms with E-state index < -0.39 is 0 Å². The Balaban J connectivity index is 2.13. The Morgan fingerprint density at radius 3 is 2.78 bits per heavy atom. The number of benzene rings is 1. The van der Waals surface area contributed by atoms with E-state index in [0.717, 1.165) is 24.1 Å². The van der Waals surface area contributed by atoms with Crippen LogP contribution in [0.3, 0.4) is 0 Å². The number of nitrogens with two attached hydrogens (primary N) is 1. The molecule has 0 aliphatic rings. The minimum absolute atomic E-state index is 0.158. The van der Waals surface area contributed by atoms with Crippen molar-refractivity contribution >= 4 is 11.7 Å². The van der Waals surface area contributed by atoms with Crippen molar-refractivity contribution in [1.82, 2.24) is 0 Å². The van der Waals surface area contributed by atoms with Crippen LogP contribution in [0.5, 0.6) is 0 Å². The van der Waals surface area contributed by atoms with Gasteiger partial charge in [-0.1, -0.05) is 12.1 Å². The van der Waals surface area contributed by atoms with Gasteiger partial charge in [-0.05, 0) is 37.0 Å². The van der Waals surface area contributed by atoms with Gasteiger partial charge in [-0.2, -0.15) is 0 Å². The summed E-state index contributed by atoms with van der Waals surface area (Å²) in [5.41, 5.74) is 7.45. The third-order valence-corrected chi connectivity index (χ3v) is 2.57. The van der Waals surface area contributed by atoms with Crippen molar-refractivity contribution in [2.24, 2.45) is 0 Å². The number of esters is 1. The van der Waals surface area contributed by atoms with Gasteiger partial charge in [0.1, 0.15) is 0 Å². The number of aryl methyl sites for hydroxylation is 1. The largest absolute Gasteiger partial charge is 0.466 e. The van der Waals surface area contributed by atoms with Crippen LogP contribution in [0.1, 0.15) is 24.8 Å². The second-order valence-electron chi connectivity index (χ2n) is 4.17. The van der Waals surface area contributed by atoms with Crippen LogP contribution in [0.15, 0.2) is 24.3 Å². The lowest BCUT2D eigenvalue weighted by Crippen LogP contribution is -2.07. The number of anilines is 1. The Bertz CT molecular complexity index is 366. The third kappa shape index (κ3) is 6.25. The number of hydrogen-bond donors (Lipinski definition) is 1. The summed E-state index contributed by atoms with van der Waals surface area (Å²) in [6, 6.07) is 7.56. The summed E-state index contributed by atoms with van der Waals surface area (Å²) in [6.07, 6.45) is 2.83. The lowest BCUT2D eigenvalue weighted by atomic mass is 10.1. The van der Waals surface area contributed by atoms with E-state index in [1.807, 2.05) is 24.3 Å². The second kappa shape index (κ2) is 8.53. The zero-order valence-corrected chi connectivity index (χ0v) is 10.9. The number of carbonyl (C=O) groups is 1. The maximum absolute atomic E-state index is 11.4. The molecule has 1 aromatic rings. The van der Waals surface area contributed by atoms with E-state index >= 15 is 0 Å². The molecule has 0 aliphatic carbocycles. The minimum Gasteiger partial charge on any atom is -0.466 e. The van der Waals surface area contributed by atoms with Crippen LogP contribution in [-0.4, -0.2) is 26.3 Å². The van der Waals surface area contributed by atoms with Crippen molar-refractivity contribution in [2.75, 3.05) is 26.1 Å². The van der Waals surface area contributed by atoms with Crippen molar-refractivity contribution in [3.8, 4) is 0 Å². The summed E-state index contributed by atoms with van der Waals surface area (Å²) in [6.45, 7) is 1.18. The van der Waals surface area contributed by atoms with Gasteiger partial charge >= 0.3 is 5.97 Å². The van der Waals surface area contributed by atoms with E-state index in [1.165, 1.54) is 0 Å². The Morgan fingerprint density at radius 2 is 2.06 bits per heavy atom. The molecular weight excluding hydrogens is 230 g/mol. The predicted octanol–water partition coefficient (Wildman–Crippen LogP) is 2.17. The summed E-state index contributed by atoms with van der Waals surface area (Å²) >= 11 is 0. The Hall–Kier alpha value is -1.55. The Labute approximate surface area is 108 Å². The highest BCUT2D eigenvalue weighted by Gasteiger charge is 2.03. The number of rotatable bonds is 8. The monoisotopic (exact) mass is 251 g/mol. The zero-order chi connectivity index (χ0) is 13.2. The summed E-state index contributed by atoms with van der Waals surface area (Å²) in [5.74, 6) is -0.158. The summed E-state index contributed by atoms with van der Waals surface area (Å²) < 4.78 is 10.0. The van der Waals surface area contributed by atoms with Crippen molar-refractivity contribution in [3.63, 3.8) is 0 Å². The van der Waals surface area contributed by atoms with Crippen molar-refractivity contribution in [3.05, 3.63) is 29.8 Å². The van der Waals surface area contributed by atoms with Crippen LogP contribution in [0, 0.1) is 0 Å². The molecule has 0 spiro atoms. The lowest BCUT2D eigenvalue weighted by Gasteiger charge is -2.05. The highest BCUT2D eigenvalue weighted by atomic mass is 16.5. The molecule has 0 aromatic heterocycles. The van der Waals surface area contributed by atoms with Gasteiger partial charge in [-0.3, -0.25) is 4.79 Å². The van der Waals surface area contributed by atoms with Crippen LogP contribution in [0.25, 0.3) is 0 Å². The van der Waals surface area contributed by atoms with Crippen molar-refractivity contribution in [2.45, 2.75) is 25.7 Å². The van der Waals surface area contributed by atoms with Crippen LogP contribution in [-0.2, 0) is 20.7 Å². The molecule has 0 heterocycles. The average molecular weight is 251 g/mol. The summed E-state index contributed by atoms with van der Waals surface area (Å²) in [5, 5.41) is 0. The highest BCUT2D eigenvalue weighted by molar-refractivity contribution is 5.69. The van der Waals surface area contributed by atoms with Gasteiger partial charge in [0, 0.05) is 25.8 Å². The molecule has 0 amide bonds. The van der Waals surface area contributed by atoms with Gasteiger partial charge in [0.05, 0.1) is 6.61 Å². The first kappa shape index (κ1) is 14.5. The zero-order valence-electron chi connectivity index (χ0n) is 10.9. The molecule has 0 saturated carbocycles. The molecule has 18 heavy (non-hydrogen) atoms. The van der Waals surface area contributed by atoms with Gasteiger partial charge < -0.3 is 15.2 Å². The maximum atomic E-state index is 11.4. The summed E-state index contributed by atoms with van der Waals surface area (Å²) in [4.78, 5) is 11.4. The van der Waals surface area contributed by atoms with E-state index in [9.17, 15) is 4.79 Å². The van der Waals surface area contributed by atoms with Crippen LogP contribution < -0.4 is 5.73 Å². The first-order valence-corrected chi connectivity index (χ1v) is 6.21. The maximum Gasteiger partial charge on any atom is 0.306 e. The lowest BCUT2D eigenvalue weighted by molar-refractivity contribution is -0.143. The van der Waals surface area contributed by atoms with Crippen LogP contribution in [0.2, 0.25) is 0 Å². The molecular formula is C14H21NO3. The van der Waals surface area contributed by atoms with Gasteiger partial charge in [0.25, 0.3) is 0 Å². The van der Waals surface area contributed by atoms with E-state index in [4.69, 9.17) is 15.2 Å². The van der Waals surface area contributed by atoms with Gasteiger partial charge in [0.2, 0.25) is 0 Å². The first-order chi connectivity index (χ1) is 8.72. The minimum atomic E-state index is -0.158. The molecule has 4 nitrogen and oxygen atoms in total. The van der Waals surface area contributed by atoms with E-state index in [0.29, 0.717) is 26.1 Å². The fraction of sp³-hybridized carbons (Fsp3) is 0.500. The molecule has 2 N–H and O–H groups in total. The van der Waals surface area contributed by atoms with Crippen LogP contribution >= 0.6 is 0 Å². The number of hydrogen-bond acceptors (Lipinski definition) is 4. The molecule has 0 fully saturated rings. The molecule has 4 heteroatoms. The molecule has 1 aromatic carbocycles. The molecule has 1 rings (SSSR count). The molecule has 0 unspecified atom stereocenters. The average Bonchev–Trinajstić information content (AvgIpc) is 2.36. The van der Waals surface area contributed by atoms with E-state index in [1.54, 1.807) is 7.11 Å². The number of nitrogen functional groups attached to an aromatic ring is 1. The first-order valence-electron chi connectivity index (χ1n) is 6.21. The Kier molecular flexibility index (Phi) is 6.87. The fourth-order valence-electron chi connectivity index (χ4n) is 1.60. The number of unbranched alkanes of at least 4 members (excludes halogenated alkanes) is 1. The number of ether oxygens (including phenoxy) is 2. The van der Waals surface area contributed by atoms with Crippen molar-refractivity contribution in [1.29, 1.82) is 0 Å². The number of methoxy groups -OCH3 is 1. The van der Waals surface area contributed by atoms with Crippen molar-refractivity contribution < 1.29 is 14.3 Å². The topological polar surface area (TPSA) is 61.5 Å². The normalized spacial score (nSPS) is 10.3. The number of carbonyl (C=O) groups excluding carboxylic acids is 1. The molecule has 0 bridgehead atoms. The van der Waals surface area contributed by atoms with E-state index in [-0.39, 0.29) is 5.97 Å². The smallest absolute Gasteiger partial charge is 0.306 e. The molecule has 0 aliphatic heterocycles. The Morgan fingerprint density at radius 1 is 1.28 bits per heavy atom. The summed E-state index contributed by atoms with van der Waals surface area (Å²) in [7, 11) is 1.66. The molecule has 0 radical (unpaired) electrons. The van der Waals surface area contributed by atoms with Gasteiger partial charge in [-0.15, -0.1) is 0 Å². The quantitative estimate of drug-likeness (QED) is 0.437.